The number of carbonyl (C=O) groups is 16. The fraction of sp³-hybridized carbons (Fsp3) is 0.798. The lowest BCUT2D eigenvalue weighted by Gasteiger charge is -2.16. The van der Waals surface area contributed by atoms with Crippen molar-refractivity contribution in [3.63, 3.8) is 0 Å². The van der Waals surface area contributed by atoms with E-state index in [9.17, 15) is 76.7 Å². The highest BCUT2D eigenvalue weighted by molar-refractivity contribution is 5.88. The molecule has 3 atom stereocenters. The molecule has 3 amide bonds. The van der Waals surface area contributed by atoms with Gasteiger partial charge in [0.15, 0.2) is 34.7 Å². The van der Waals surface area contributed by atoms with Gasteiger partial charge in [-0.05, 0) is 78.6 Å². The van der Waals surface area contributed by atoms with Crippen molar-refractivity contribution in [1.82, 2.24) is 16.0 Å². The molecule has 0 spiro atoms. The molecule has 0 fully saturated rings. The summed E-state index contributed by atoms with van der Waals surface area (Å²) in [7, 11) is 0. The van der Waals surface area contributed by atoms with Crippen LogP contribution in [0.3, 0.4) is 0 Å². The summed E-state index contributed by atoms with van der Waals surface area (Å²) in [6, 6.07) is 0. The zero-order valence-electron chi connectivity index (χ0n) is 77.6. The number of carboxylic acids is 3. The molecule has 35 nitrogen and oxygen atoms in total. The van der Waals surface area contributed by atoms with E-state index in [1.165, 1.54) is 26.3 Å². The number of ether oxygens (including phenoxy) is 13. The van der Waals surface area contributed by atoms with E-state index in [4.69, 9.17) is 76.9 Å². The quantitative estimate of drug-likeness (QED) is 0.0245. The Morgan fingerprint density at radius 2 is 0.492 bits per heavy atom. The van der Waals surface area contributed by atoms with Crippen molar-refractivity contribution in [2.24, 2.45) is 39.4 Å². The number of rotatable bonds is 77. The molecule has 0 aromatic heterocycles. The number of allylic oxidation sites excluding steroid dienone is 1. The smallest absolute Gasteiger partial charge is 0.306 e. The van der Waals surface area contributed by atoms with Crippen LogP contribution in [0.25, 0.3) is 0 Å². The molecule has 6 N–H and O–H groups in total. The number of carbonyl (C=O) groups excluding carboxylic acids is 13. The van der Waals surface area contributed by atoms with E-state index in [2.05, 4.69) is 29.5 Å². The lowest BCUT2D eigenvalue weighted by molar-refractivity contribution is -0.144. The summed E-state index contributed by atoms with van der Waals surface area (Å²) in [6.45, 7) is 40.3. The summed E-state index contributed by atoms with van der Waals surface area (Å²) >= 11 is 0. The van der Waals surface area contributed by atoms with Crippen LogP contribution in [0.1, 0.15) is 233 Å². The van der Waals surface area contributed by atoms with Crippen LogP contribution in [-0.2, 0) is 138 Å². The Morgan fingerprint density at radius 1 is 0.274 bits per heavy atom. The van der Waals surface area contributed by atoms with Gasteiger partial charge in [-0.1, -0.05) is 102 Å². The van der Waals surface area contributed by atoms with Crippen LogP contribution in [0.5, 0.6) is 0 Å². The molecule has 124 heavy (non-hydrogen) atoms. The van der Waals surface area contributed by atoms with Crippen LogP contribution in [0, 0.1) is 39.4 Å². The first-order chi connectivity index (χ1) is 58.2. The van der Waals surface area contributed by atoms with Crippen molar-refractivity contribution in [2.75, 3.05) is 191 Å². The van der Waals surface area contributed by atoms with E-state index < -0.39 is 51.9 Å². The first-order valence-electron chi connectivity index (χ1n) is 43.0. The number of aliphatic carboxylic acids is 3. The van der Waals surface area contributed by atoms with E-state index in [0.717, 1.165) is 25.9 Å². The topological polar surface area (TPSA) is 490 Å². The van der Waals surface area contributed by atoms with E-state index in [1.54, 1.807) is 0 Å². The Hall–Kier alpha value is -7.26. The minimum atomic E-state index is -1.08. The highest BCUT2D eigenvalue weighted by atomic mass is 16.6. The fourth-order valence-electron chi connectivity index (χ4n) is 9.54. The summed E-state index contributed by atoms with van der Waals surface area (Å²) in [4.78, 5) is 184. The van der Waals surface area contributed by atoms with Crippen molar-refractivity contribution < 1.29 is 154 Å². The van der Waals surface area contributed by atoms with Gasteiger partial charge in [0.1, 0.15) is 62.8 Å². The van der Waals surface area contributed by atoms with Crippen LogP contribution >= 0.6 is 0 Å². The van der Waals surface area contributed by atoms with Crippen LogP contribution < -0.4 is 16.0 Å². The van der Waals surface area contributed by atoms with Gasteiger partial charge in [-0.2, -0.15) is 0 Å². The molecule has 0 aliphatic rings. The zero-order valence-corrected chi connectivity index (χ0v) is 77.6. The molecule has 0 unspecified atom stereocenters. The van der Waals surface area contributed by atoms with Gasteiger partial charge >= 0.3 is 17.9 Å². The van der Waals surface area contributed by atoms with Crippen LogP contribution in [-0.4, -0.2) is 300 Å². The fourth-order valence-corrected chi connectivity index (χ4v) is 9.54. The lowest BCUT2D eigenvalue weighted by atomic mass is 9.89. The Bertz CT molecular complexity index is 2780. The van der Waals surface area contributed by atoms with E-state index >= 15 is 0 Å². The molecule has 0 saturated carbocycles. The van der Waals surface area contributed by atoms with E-state index in [1.807, 2.05) is 83.1 Å². The zero-order chi connectivity index (χ0) is 94.8. The molecule has 0 radical (unpaired) electrons. The lowest BCUT2D eigenvalue weighted by Crippen LogP contribution is -2.29. The van der Waals surface area contributed by atoms with Gasteiger partial charge in [-0.3, -0.25) is 62.3 Å². The molecular formula is C89H155N3O32. The molecule has 0 rings (SSSR count). The van der Waals surface area contributed by atoms with Gasteiger partial charge in [-0.25, -0.2) is 0 Å². The average molecular weight is 1780 g/mol. The molecular weight excluding hydrogens is 1620 g/mol. The molecule has 0 aliphatic heterocycles. The monoisotopic (exact) mass is 1780 g/mol. The number of nitrogens with one attached hydrogen (secondary N) is 3. The second-order valence-corrected chi connectivity index (χ2v) is 33.7. The maximum absolute atomic E-state index is 11.8. The third-order valence-corrected chi connectivity index (χ3v) is 17.6. The molecule has 0 aliphatic carbocycles. The van der Waals surface area contributed by atoms with Gasteiger partial charge in [0.25, 0.3) is 0 Å². The van der Waals surface area contributed by atoms with Gasteiger partial charge in [0.05, 0.1) is 123 Å². The minimum absolute atomic E-state index is 0.0108. The van der Waals surface area contributed by atoms with Crippen molar-refractivity contribution in [3.05, 3.63) is 12.2 Å². The molecule has 0 bridgehead atoms. The minimum Gasteiger partial charge on any atom is -0.481 e. The predicted molar refractivity (Wildman–Crippen MR) is 461 cm³/mol. The number of amides is 3. The van der Waals surface area contributed by atoms with Gasteiger partial charge in [0, 0.05) is 132 Å². The summed E-state index contributed by atoms with van der Waals surface area (Å²) in [5, 5.41) is 35.0. The second-order valence-electron chi connectivity index (χ2n) is 33.7. The molecule has 0 aromatic carbocycles. The summed E-state index contributed by atoms with van der Waals surface area (Å²) in [6.07, 6.45) is 6.45. The molecule has 0 heterocycles. The van der Waals surface area contributed by atoms with Crippen LogP contribution in [0.4, 0.5) is 0 Å². The normalized spacial score (nSPS) is 12.1. The average Bonchev–Trinajstić information content (AvgIpc) is 0.922. The van der Waals surface area contributed by atoms with Crippen LogP contribution in [0.2, 0.25) is 0 Å². The molecule has 718 valence electrons. The van der Waals surface area contributed by atoms with Crippen LogP contribution in [0.15, 0.2) is 12.2 Å². The largest absolute Gasteiger partial charge is 0.481 e. The Balaban J connectivity index is -0.000000799. The molecule has 0 saturated heterocycles. The van der Waals surface area contributed by atoms with Crippen molar-refractivity contribution >= 4 is 93.5 Å². The van der Waals surface area contributed by atoms with Gasteiger partial charge in [0.2, 0.25) is 17.7 Å². The number of ketones is 10. The number of carboxylic acid groups (broad SMARTS) is 3. The third kappa shape index (κ3) is 84.2. The Kier molecular flexibility index (Phi) is 76.3. The maximum atomic E-state index is 11.8. The first-order valence-corrected chi connectivity index (χ1v) is 43.0. The Labute approximate surface area is 735 Å². The SMILES string of the molecule is C=C(CC)CCCOCCC(=O)C(C)(C)C.CC(=O)C[C@@H](CCC(=O)NCCOCCOCC(=O)CCCOCCOCC(=O)C(C)(C)C)C(=O)O.CC(=O)C[C@@H](CCC(=O)NCCOCCOCC(=O)CCCOCCOCC(=O)C(C)(C)C)C(=O)O.CC(=O)C[C@@H](CCC(=O)NCCOCCOCC(=O)CCCOCCOCC(=O)C(C)(C)C)C(=O)O. The van der Waals surface area contributed by atoms with Crippen molar-refractivity contribution in [2.45, 2.75) is 233 Å². The molecule has 35 heteroatoms. The van der Waals surface area contributed by atoms with Gasteiger partial charge in [-0.15, -0.1) is 0 Å². The Morgan fingerprint density at radius 3 is 0.718 bits per heavy atom. The van der Waals surface area contributed by atoms with Crippen molar-refractivity contribution in [3.8, 4) is 0 Å². The number of Topliss-reactive ketones (excluding diaryl/α,β-unsaturated/α-hetero) is 10. The molecule has 0 aromatic rings. The standard InChI is InChI=1S/3C25H43NO10.C14H26O2/c3*1-19(27)16-20(24(31)32)7-8-23(30)26-9-11-34-13-14-35-17-21(28)6-5-10-33-12-15-36-18-22(29)25(2,3)4;1-6-12(2)8-7-10-16-11-9-13(15)14(3,4)5/h3*20H,5-18H2,1-4H3,(H,26,30)(H,31,32);2,6-11H2,1,3-5H3/t3*20-;/m111./s1. The highest BCUT2D eigenvalue weighted by Gasteiger charge is 2.27. The van der Waals surface area contributed by atoms with E-state index in [0.29, 0.717) is 111 Å². The third-order valence-electron chi connectivity index (χ3n) is 17.6. The summed E-state index contributed by atoms with van der Waals surface area (Å²) in [5.41, 5.74) is -0.207. The predicted octanol–water partition coefficient (Wildman–Crippen LogP) is 8.54. The first kappa shape index (κ1) is 123. The van der Waals surface area contributed by atoms with E-state index in [-0.39, 0.29) is 257 Å². The summed E-state index contributed by atoms with van der Waals surface area (Å²) < 4.78 is 69.2. The maximum Gasteiger partial charge on any atom is 0.306 e. The highest BCUT2D eigenvalue weighted by Crippen LogP contribution is 2.20. The number of hydrogen-bond acceptors (Lipinski definition) is 29. The van der Waals surface area contributed by atoms with Crippen molar-refractivity contribution in [1.29, 1.82) is 0 Å². The summed E-state index contributed by atoms with van der Waals surface area (Å²) in [5.74, 6) is -7.13. The van der Waals surface area contributed by atoms with Gasteiger partial charge < -0.3 is 107 Å². The second kappa shape index (κ2) is 76.9. The number of hydrogen-bond donors (Lipinski definition) is 6.